The van der Waals surface area contributed by atoms with Crippen molar-refractivity contribution in [2.75, 3.05) is 26.2 Å². The van der Waals surface area contributed by atoms with Gasteiger partial charge in [-0.05, 0) is 43.2 Å². The third-order valence-corrected chi connectivity index (χ3v) is 6.88. The zero-order chi connectivity index (χ0) is 18.9. The lowest BCUT2D eigenvalue weighted by Crippen LogP contribution is -2.49. The molecular weight excluding hydrogens is 340 g/mol. The van der Waals surface area contributed by atoms with E-state index >= 15 is 0 Å². The standard InChI is InChI=1S/C22H30N2O3/c25-19-16-17-6-3-4-7-18(17)22(19)10-14-24(15-11-22)21(27)9-13-23-12-5-1-2-8-20(23)26/h3-4,6-7,19,25H,1-2,5,8-16H2/t19-/m0/s1. The Balaban J connectivity index is 1.34. The lowest BCUT2D eigenvalue weighted by molar-refractivity contribution is -0.135. The zero-order valence-electron chi connectivity index (χ0n) is 16.0. The first-order valence-corrected chi connectivity index (χ1v) is 10.4. The van der Waals surface area contributed by atoms with E-state index in [1.807, 2.05) is 21.9 Å². The van der Waals surface area contributed by atoms with Crippen LogP contribution >= 0.6 is 0 Å². The highest BCUT2D eigenvalue weighted by atomic mass is 16.3. The van der Waals surface area contributed by atoms with Gasteiger partial charge in [-0.3, -0.25) is 9.59 Å². The summed E-state index contributed by atoms with van der Waals surface area (Å²) in [5, 5.41) is 10.7. The van der Waals surface area contributed by atoms with Gasteiger partial charge < -0.3 is 14.9 Å². The maximum atomic E-state index is 12.7. The number of aliphatic hydroxyl groups is 1. The summed E-state index contributed by atoms with van der Waals surface area (Å²) >= 11 is 0. The quantitative estimate of drug-likeness (QED) is 0.888. The van der Waals surface area contributed by atoms with Gasteiger partial charge in [-0.15, -0.1) is 0 Å². The molecule has 3 aliphatic rings. The minimum absolute atomic E-state index is 0.141. The topological polar surface area (TPSA) is 60.9 Å². The first kappa shape index (κ1) is 18.5. The van der Waals surface area contributed by atoms with Gasteiger partial charge in [-0.25, -0.2) is 0 Å². The third kappa shape index (κ3) is 3.49. The normalized spacial score (nSPS) is 24.8. The Morgan fingerprint density at radius 2 is 1.89 bits per heavy atom. The van der Waals surface area contributed by atoms with Crippen molar-refractivity contribution >= 4 is 11.8 Å². The van der Waals surface area contributed by atoms with E-state index in [1.165, 1.54) is 11.1 Å². The summed E-state index contributed by atoms with van der Waals surface area (Å²) < 4.78 is 0. The van der Waals surface area contributed by atoms with Gasteiger partial charge in [-0.1, -0.05) is 30.7 Å². The highest BCUT2D eigenvalue weighted by molar-refractivity contribution is 5.79. The summed E-state index contributed by atoms with van der Waals surface area (Å²) in [4.78, 5) is 28.6. The lowest BCUT2D eigenvalue weighted by atomic mass is 9.72. The van der Waals surface area contributed by atoms with Crippen LogP contribution in [0, 0.1) is 0 Å². The molecule has 2 saturated heterocycles. The first-order valence-electron chi connectivity index (χ1n) is 10.4. The molecule has 2 heterocycles. The smallest absolute Gasteiger partial charge is 0.224 e. The van der Waals surface area contributed by atoms with Crippen molar-refractivity contribution in [3.8, 4) is 0 Å². The van der Waals surface area contributed by atoms with Crippen LogP contribution in [0.3, 0.4) is 0 Å². The van der Waals surface area contributed by atoms with Crippen LogP contribution in [0.25, 0.3) is 0 Å². The molecule has 5 heteroatoms. The fourth-order valence-electron chi connectivity index (χ4n) is 5.19. The molecule has 2 fully saturated rings. The molecule has 5 nitrogen and oxygen atoms in total. The van der Waals surface area contributed by atoms with E-state index in [1.54, 1.807) is 0 Å². The molecule has 1 aromatic rings. The fourth-order valence-corrected chi connectivity index (χ4v) is 5.19. The lowest BCUT2D eigenvalue weighted by Gasteiger charge is -2.42. The number of carbonyl (C=O) groups is 2. The van der Waals surface area contributed by atoms with E-state index in [9.17, 15) is 14.7 Å². The van der Waals surface area contributed by atoms with Gasteiger partial charge in [0.2, 0.25) is 11.8 Å². The highest BCUT2D eigenvalue weighted by Crippen LogP contribution is 2.46. The van der Waals surface area contributed by atoms with Crippen molar-refractivity contribution in [1.82, 2.24) is 9.80 Å². The summed E-state index contributed by atoms with van der Waals surface area (Å²) in [5.74, 6) is 0.339. The van der Waals surface area contributed by atoms with Gasteiger partial charge in [0.25, 0.3) is 0 Å². The number of carbonyl (C=O) groups excluding carboxylic acids is 2. The number of nitrogens with zero attached hydrogens (tertiary/aromatic N) is 2. The second-order valence-corrected chi connectivity index (χ2v) is 8.36. The second kappa shape index (κ2) is 7.63. The van der Waals surface area contributed by atoms with E-state index < -0.39 is 0 Å². The average Bonchev–Trinajstić information content (AvgIpc) is 2.81. The zero-order valence-corrected chi connectivity index (χ0v) is 16.0. The minimum Gasteiger partial charge on any atom is -0.392 e. The number of piperidine rings is 1. The molecule has 0 unspecified atom stereocenters. The molecule has 1 atom stereocenters. The van der Waals surface area contributed by atoms with E-state index in [-0.39, 0.29) is 23.3 Å². The summed E-state index contributed by atoms with van der Waals surface area (Å²) in [5.41, 5.74) is 2.35. The Morgan fingerprint density at radius 3 is 2.70 bits per heavy atom. The molecule has 0 bridgehead atoms. The number of aliphatic hydroxyl groups excluding tert-OH is 1. The molecule has 1 N–H and O–H groups in total. The first-order chi connectivity index (χ1) is 13.1. The van der Waals surface area contributed by atoms with Crippen LogP contribution in [0.4, 0.5) is 0 Å². The maximum Gasteiger partial charge on any atom is 0.224 e. The van der Waals surface area contributed by atoms with Gasteiger partial charge in [0.1, 0.15) is 0 Å². The predicted molar refractivity (Wildman–Crippen MR) is 103 cm³/mol. The molecule has 1 spiro atoms. The van der Waals surface area contributed by atoms with Gasteiger partial charge in [-0.2, -0.15) is 0 Å². The summed E-state index contributed by atoms with van der Waals surface area (Å²) in [6.45, 7) is 2.72. The fraction of sp³-hybridized carbons (Fsp3) is 0.636. The van der Waals surface area contributed by atoms with Gasteiger partial charge in [0.15, 0.2) is 0 Å². The number of rotatable bonds is 3. The summed E-state index contributed by atoms with van der Waals surface area (Å²) in [6.07, 6.45) is 6.18. The Morgan fingerprint density at radius 1 is 1.11 bits per heavy atom. The van der Waals surface area contributed by atoms with Crippen LogP contribution < -0.4 is 0 Å². The van der Waals surface area contributed by atoms with Crippen molar-refractivity contribution in [3.05, 3.63) is 35.4 Å². The number of benzene rings is 1. The molecule has 2 amide bonds. The highest BCUT2D eigenvalue weighted by Gasteiger charge is 2.47. The molecule has 2 aliphatic heterocycles. The summed E-state index contributed by atoms with van der Waals surface area (Å²) in [7, 11) is 0. The second-order valence-electron chi connectivity index (χ2n) is 8.36. The Labute approximate surface area is 161 Å². The number of fused-ring (bicyclic) bond motifs is 2. The molecule has 146 valence electrons. The van der Waals surface area contributed by atoms with Gasteiger partial charge in [0, 0.05) is 44.4 Å². The van der Waals surface area contributed by atoms with Crippen LogP contribution in [0.5, 0.6) is 0 Å². The van der Waals surface area contributed by atoms with Crippen LogP contribution in [0.2, 0.25) is 0 Å². The number of amides is 2. The Hall–Kier alpha value is -1.88. The number of hydrogen-bond donors (Lipinski definition) is 1. The van der Waals surface area contributed by atoms with E-state index in [4.69, 9.17) is 0 Å². The van der Waals surface area contributed by atoms with Gasteiger partial charge in [0.05, 0.1) is 6.10 Å². The summed E-state index contributed by atoms with van der Waals surface area (Å²) in [6, 6.07) is 8.35. The molecule has 0 radical (unpaired) electrons. The largest absolute Gasteiger partial charge is 0.392 e. The molecule has 27 heavy (non-hydrogen) atoms. The molecular formula is C22H30N2O3. The van der Waals surface area contributed by atoms with Crippen molar-refractivity contribution in [2.45, 2.75) is 62.9 Å². The van der Waals surface area contributed by atoms with E-state index in [2.05, 4.69) is 12.1 Å². The average molecular weight is 370 g/mol. The Bertz CT molecular complexity index is 709. The van der Waals surface area contributed by atoms with Crippen molar-refractivity contribution in [3.63, 3.8) is 0 Å². The monoisotopic (exact) mass is 370 g/mol. The molecule has 0 aromatic heterocycles. The van der Waals surface area contributed by atoms with Crippen molar-refractivity contribution < 1.29 is 14.7 Å². The third-order valence-electron chi connectivity index (χ3n) is 6.88. The SMILES string of the molecule is O=C1CCCCCN1CCC(=O)N1CCC2(CC1)c1ccccc1C[C@@H]2O. The van der Waals surface area contributed by atoms with Crippen molar-refractivity contribution in [2.24, 2.45) is 0 Å². The minimum atomic E-state index is -0.345. The van der Waals surface area contributed by atoms with Crippen LogP contribution in [0.15, 0.2) is 24.3 Å². The van der Waals surface area contributed by atoms with Crippen molar-refractivity contribution in [1.29, 1.82) is 0 Å². The number of likely N-dealkylation sites (tertiary alicyclic amines) is 2. The van der Waals surface area contributed by atoms with Crippen LogP contribution in [-0.2, 0) is 21.4 Å². The molecule has 1 aliphatic carbocycles. The van der Waals surface area contributed by atoms with Crippen LogP contribution in [-0.4, -0.2) is 59.0 Å². The molecule has 0 saturated carbocycles. The van der Waals surface area contributed by atoms with E-state index in [0.29, 0.717) is 32.5 Å². The van der Waals surface area contributed by atoms with Gasteiger partial charge >= 0.3 is 0 Å². The Kier molecular flexibility index (Phi) is 5.22. The predicted octanol–water partition coefficient (Wildman–Crippen LogP) is 2.26. The number of hydrogen-bond acceptors (Lipinski definition) is 3. The molecule has 4 rings (SSSR count). The maximum absolute atomic E-state index is 12.7. The molecule has 1 aromatic carbocycles. The van der Waals surface area contributed by atoms with E-state index in [0.717, 1.165) is 45.1 Å². The van der Waals surface area contributed by atoms with Crippen LogP contribution in [0.1, 0.15) is 56.1 Å².